The fourth-order valence-electron chi connectivity index (χ4n) is 2.63. The zero-order chi connectivity index (χ0) is 13.7. The Morgan fingerprint density at radius 2 is 1.89 bits per heavy atom. The molecule has 1 unspecified atom stereocenters. The van der Waals surface area contributed by atoms with Gasteiger partial charge in [0.15, 0.2) is 0 Å². The zero-order valence-corrected chi connectivity index (χ0v) is 11.6. The second-order valence-electron chi connectivity index (χ2n) is 5.12. The number of nitriles is 1. The Balaban J connectivity index is 2.08. The van der Waals surface area contributed by atoms with Crippen molar-refractivity contribution in [2.45, 2.75) is 50.6 Å². The predicted molar refractivity (Wildman–Crippen MR) is 74.4 cm³/mol. The van der Waals surface area contributed by atoms with Crippen molar-refractivity contribution in [3.8, 4) is 6.07 Å². The van der Waals surface area contributed by atoms with Crippen LogP contribution < -0.4 is 5.32 Å². The summed E-state index contributed by atoms with van der Waals surface area (Å²) in [5.74, 6) is -0.398. The van der Waals surface area contributed by atoms with Crippen LogP contribution in [0.15, 0.2) is 18.2 Å². The molecule has 0 radical (unpaired) electrons. The molecule has 0 aliphatic heterocycles. The SMILES string of the molecule is N#CC(NC1CCCCCC1)c1cc(F)cc(Cl)c1. The molecule has 2 nitrogen and oxygen atoms in total. The van der Waals surface area contributed by atoms with Crippen LogP contribution >= 0.6 is 11.6 Å². The minimum Gasteiger partial charge on any atom is -0.295 e. The number of benzene rings is 1. The smallest absolute Gasteiger partial charge is 0.125 e. The van der Waals surface area contributed by atoms with E-state index in [0.29, 0.717) is 16.6 Å². The van der Waals surface area contributed by atoms with Gasteiger partial charge in [-0.25, -0.2) is 4.39 Å². The Bertz CT molecular complexity index is 441. The normalized spacial score (nSPS) is 18.6. The molecule has 1 aromatic rings. The van der Waals surface area contributed by atoms with E-state index in [1.807, 2.05) is 0 Å². The van der Waals surface area contributed by atoms with Crippen molar-refractivity contribution in [2.75, 3.05) is 0 Å². The van der Waals surface area contributed by atoms with Gasteiger partial charge in [-0.05, 0) is 36.6 Å². The lowest BCUT2D eigenvalue weighted by Crippen LogP contribution is -2.31. The Hall–Kier alpha value is -1.11. The van der Waals surface area contributed by atoms with Gasteiger partial charge in [0.05, 0.1) is 6.07 Å². The van der Waals surface area contributed by atoms with E-state index in [1.54, 1.807) is 6.07 Å². The molecule has 0 amide bonds. The molecular weight excluding hydrogens is 263 g/mol. The molecule has 0 heterocycles. The van der Waals surface area contributed by atoms with Crippen molar-refractivity contribution in [1.82, 2.24) is 5.32 Å². The number of hydrogen-bond donors (Lipinski definition) is 1. The Kier molecular flexibility index (Phi) is 5.18. The van der Waals surface area contributed by atoms with E-state index in [2.05, 4.69) is 11.4 Å². The van der Waals surface area contributed by atoms with E-state index >= 15 is 0 Å². The summed E-state index contributed by atoms with van der Waals surface area (Å²) in [6.45, 7) is 0. The molecule has 4 heteroatoms. The third kappa shape index (κ3) is 4.19. The molecule has 0 saturated heterocycles. The minimum atomic E-state index is -0.490. The molecule has 2 rings (SSSR count). The Morgan fingerprint density at radius 1 is 1.21 bits per heavy atom. The van der Waals surface area contributed by atoms with Crippen LogP contribution in [0.3, 0.4) is 0 Å². The molecule has 1 fully saturated rings. The summed E-state index contributed by atoms with van der Waals surface area (Å²) in [7, 11) is 0. The van der Waals surface area contributed by atoms with Crippen LogP contribution in [0.5, 0.6) is 0 Å². The average Bonchev–Trinajstić information content (AvgIpc) is 2.63. The molecule has 1 aliphatic rings. The van der Waals surface area contributed by atoms with Crippen molar-refractivity contribution in [3.05, 3.63) is 34.6 Å². The van der Waals surface area contributed by atoms with E-state index in [0.717, 1.165) is 12.8 Å². The molecule has 1 saturated carbocycles. The molecule has 1 aromatic carbocycles. The largest absolute Gasteiger partial charge is 0.295 e. The lowest BCUT2D eigenvalue weighted by atomic mass is 10.0. The highest BCUT2D eigenvalue weighted by atomic mass is 35.5. The fraction of sp³-hybridized carbons (Fsp3) is 0.533. The van der Waals surface area contributed by atoms with Gasteiger partial charge in [-0.2, -0.15) is 5.26 Å². The predicted octanol–water partition coefficient (Wildman–Crippen LogP) is 4.36. The highest BCUT2D eigenvalue weighted by Crippen LogP contribution is 2.23. The van der Waals surface area contributed by atoms with Crippen LogP contribution in [-0.2, 0) is 0 Å². The van der Waals surface area contributed by atoms with Crippen molar-refractivity contribution < 1.29 is 4.39 Å². The molecule has 1 N–H and O–H groups in total. The average molecular weight is 281 g/mol. The van der Waals surface area contributed by atoms with E-state index in [1.165, 1.54) is 37.8 Å². The number of nitrogens with zero attached hydrogens (tertiary/aromatic N) is 1. The van der Waals surface area contributed by atoms with Gasteiger partial charge in [0, 0.05) is 11.1 Å². The molecule has 1 aliphatic carbocycles. The maximum absolute atomic E-state index is 13.3. The van der Waals surface area contributed by atoms with E-state index in [9.17, 15) is 9.65 Å². The minimum absolute atomic E-state index is 0.331. The van der Waals surface area contributed by atoms with E-state index in [-0.39, 0.29) is 0 Å². The van der Waals surface area contributed by atoms with Crippen molar-refractivity contribution in [2.24, 2.45) is 0 Å². The number of rotatable bonds is 3. The number of nitrogens with one attached hydrogen (secondary N) is 1. The second kappa shape index (κ2) is 6.88. The van der Waals surface area contributed by atoms with Crippen LogP contribution in [0.2, 0.25) is 5.02 Å². The first kappa shape index (κ1) is 14.3. The van der Waals surface area contributed by atoms with Crippen molar-refractivity contribution in [3.63, 3.8) is 0 Å². The molecule has 102 valence electrons. The van der Waals surface area contributed by atoms with Gasteiger partial charge in [0.25, 0.3) is 0 Å². The van der Waals surface area contributed by atoms with Crippen LogP contribution in [0.1, 0.15) is 50.1 Å². The Labute approximate surface area is 118 Å². The quantitative estimate of drug-likeness (QED) is 0.835. The highest BCUT2D eigenvalue weighted by Gasteiger charge is 2.18. The van der Waals surface area contributed by atoms with Gasteiger partial charge < -0.3 is 0 Å². The maximum Gasteiger partial charge on any atom is 0.125 e. The monoisotopic (exact) mass is 280 g/mol. The van der Waals surface area contributed by atoms with E-state index in [4.69, 9.17) is 11.6 Å². The summed E-state index contributed by atoms with van der Waals surface area (Å²) in [6, 6.07) is 6.34. The molecule has 19 heavy (non-hydrogen) atoms. The molecule has 1 atom stereocenters. The maximum atomic E-state index is 13.3. The summed E-state index contributed by atoms with van der Waals surface area (Å²) in [5, 5.41) is 12.9. The first-order valence-electron chi connectivity index (χ1n) is 6.80. The standard InChI is InChI=1S/C15H18ClFN2/c16-12-7-11(8-13(17)9-12)15(10-18)19-14-5-3-1-2-4-6-14/h7-9,14-15,19H,1-6H2. The van der Waals surface area contributed by atoms with Gasteiger partial charge in [0.2, 0.25) is 0 Å². The fourth-order valence-corrected chi connectivity index (χ4v) is 2.86. The second-order valence-corrected chi connectivity index (χ2v) is 5.56. The number of halogens is 2. The summed E-state index contributed by atoms with van der Waals surface area (Å²) < 4.78 is 13.3. The lowest BCUT2D eigenvalue weighted by molar-refractivity contribution is 0.436. The van der Waals surface area contributed by atoms with Gasteiger partial charge in [-0.1, -0.05) is 37.3 Å². The summed E-state index contributed by atoms with van der Waals surface area (Å²) in [6.07, 6.45) is 7.09. The van der Waals surface area contributed by atoms with Crippen LogP contribution in [-0.4, -0.2) is 6.04 Å². The van der Waals surface area contributed by atoms with Crippen molar-refractivity contribution in [1.29, 1.82) is 5.26 Å². The van der Waals surface area contributed by atoms with E-state index < -0.39 is 11.9 Å². The highest BCUT2D eigenvalue weighted by molar-refractivity contribution is 6.30. The van der Waals surface area contributed by atoms with Gasteiger partial charge in [-0.15, -0.1) is 0 Å². The third-order valence-electron chi connectivity index (χ3n) is 3.60. The summed E-state index contributed by atoms with van der Waals surface area (Å²) in [5.41, 5.74) is 0.608. The first-order chi connectivity index (χ1) is 9.19. The van der Waals surface area contributed by atoms with Crippen molar-refractivity contribution >= 4 is 11.6 Å². The molecule has 0 aromatic heterocycles. The van der Waals surface area contributed by atoms with Crippen LogP contribution in [0.25, 0.3) is 0 Å². The van der Waals surface area contributed by atoms with Gasteiger partial charge in [-0.3, -0.25) is 5.32 Å². The molecule has 0 bridgehead atoms. The van der Waals surface area contributed by atoms with Gasteiger partial charge >= 0.3 is 0 Å². The summed E-state index contributed by atoms with van der Waals surface area (Å²) >= 11 is 5.84. The third-order valence-corrected chi connectivity index (χ3v) is 3.82. The number of hydrogen-bond acceptors (Lipinski definition) is 2. The summed E-state index contributed by atoms with van der Waals surface area (Å²) in [4.78, 5) is 0. The zero-order valence-electron chi connectivity index (χ0n) is 10.8. The Morgan fingerprint density at radius 3 is 2.47 bits per heavy atom. The van der Waals surface area contributed by atoms with Crippen LogP contribution in [0, 0.1) is 17.1 Å². The first-order valence-corrected chi connectivity index (χ1v) is 7.18. The molecular formula is C15H18ClFN2. The van der Waals surface area contributed by atoms with Gasteiger partial charge in [0.1, 0.15) is 11.9 Å². The lowest BCUT2D eigenvalue weighted by Gasteiger charge is -2.20. The van der Waals surface area contributed by atoms with Crippen LogP contribution in [0.4, 0.5) is 4.39 Å². The topological polar surface area (TPSA) is 35.8 Å². The molecule has 0 spiro atoms.